The SMILES string of the molecule is Cc1[nH]ncc1CCCNc1ccc(N)c(C#N)n1. The molecule has 0 bridgehead atoms. The van der Waals surface area contributed by atoms with Gasteiger partial charge in [-0.2, -0.15) is 10.4 Å². The van der Waals surface area contributed by atoms with E-state index in [1.165, 1.54) is 5.56 Å². The molecule has 0 fully saturated rings. The normalized spacial score (nSPS) is 10.1. The molecular formula is C13H16N6. The molecular weight excluding hydrogens is 240 g/mol. The molecule has 0 saturated heterocycles. The summed E-state index contributed by atoms with van der Waals surface area (Å²) in [6, 6.07) is 5.43. The van der Waals surface area contributed by atoms with E-state index in [1.807, 2.05) is 19.2 Å². The highest BCUT2D eigenvalue weighted by Crippen LogP contribution is 2.12. The minimum atomic E-state index is 0.260. The molecule has 0 aromatic carbocycles. The lowest BCUT2D eigenvalue weighted by atomic mass is 10.1. The predicted octanol–water partition coefficient (Wildman–Crippen LogP) is 1.61. The highest BCUT2D eigenvalue weighted by molar-refractivity contribution is 5.54. The Hall–Kier alpha value is -2.55. The summed E-state index contributed by atoms with van der Waals surface area (Å²) in [6.45, 7) is 2.79. The summed E-state index contributed by atoms with van der Waals surface area (Å²) in [4.78, 5) is 4.13. The van der Waals surface area contributed by atoms with Gasteiger partial charge in [0.25, 0.3) is 0 Å². The van der Waals surface area contributed by atoms with Crippen LogP contribution in [0.4, 0.5) is 11.5 Å². The van der Waals surface area contributed by atoms with E-state index in [0.29, 0.717) is 11.5 Å². The number of nitrogens with zero attached hydrogens (tertiary/aromatic N) is 3. The maximum Gasteiger partial charge on any atom is 0.165 e. The second-order valence-electron chi connectivity index (χ2n) is 4.30. The molecule has 2 aromatic rings. The Morgan fingerprint density at radius 2 is 2.32 bits per heavy atom. The Kier molecular flexibility index (Phi) is 3.98. The van der Waals surface area contributed by atoms with E-state index in [1.54, 1.807) is 12.1 Å². The van der Waals surface area contributed by atoms with Crippen molar-refractivity contribution in [2.45, 2.75) is 19.8 Å². The Morgan fingerprint density at radius 1 is 1.47 bits per heavy atom. The molecule has 0 atom stereocenters. The summed E-state index contributed by atoms with van der Waals surface area (Å²) >= 11 is 0. The van der Waals surface area contributed by atoms with Gasteiger partial charge in [0.1, 0.15) is 11.9 Å². The number of hydrogen-bond donors (Lipinski definition) is 3. The molecule has 0 aliphatic heterocycles. The fourth-order valence-corrected chi connectivity index (χ4v) is 1.78. The van der Waals surface area contributed by atoms with Crippen molar-refractivity contribution in [3.8, 4) is 6.07 Å². The molecule has 6 heteroatoms. The third-order valence-corrected chi connectivity index (χ3v) is 2.90. The van der Waals surface area contributed by atoms with Crippen LogP contribution in [-0.2, 0) is 6.42 Å². The monoisotopic (exact) mass is 256 g/mol. The summed E-state index contributed by atoms with van der Waals surface area (Å²) in [5.74, 6) is 0.676. The topological polar surface area (TPSA) is 103 Å². The van der Waals surface area contributed by atoms with Crippen LogP contribution in [0.2, 0.25) is 0 Å². The second kappa shape index (κ2) is 5.87. The number of nitrogens with one attached hydrogen (secondary N) is 2. The van der Waals surface area contributed by atoms with E-state index in [4.69, 9.17) is 11.0 Å². The average molecular weight is 256 g/mol. The lowest BCUT2D eigenvalue weighted by Crippen LogP contribution is -2.06. The lowest BCUT2D eigenvalue weighted by Gasteiger charge is -2.06. The van der Waals surface area contributed by atoms with Crippen LogP contribution >= 0.6 is 0 Å². The molecule has 2 rings (SSSR count). The highest BCUT2D eigenvalue weighted by atomic mass is 15.1. The van der Waals surface area contributed by atoms with Crippen molar-refractivity contribution in [2.24, 2.45) is 0 Å². The summed E-state index contributed by atoms with van der Waals surface area (Å²) in [5, 5.41) is 18.9. The standard InChI is InChI=1S/C13H16N6/c1-9-10(8-17-19-9)3-2-6-16-13-5-4-11(15)12(7-14)18-13/h4-5,8H,2-3,6,15H2,1H3,(H,16,18)(H,17,19). The van der Waals surface area contributed by atoms with Gasteiger partial charge in [-0.15, -0.1) is 0 Å². The average Bonchev–Trinajstić information content (AvgIpc) is 2.82. The van der Waals surface area contributed by atoms with Crippen molar-refractivity contribution in [1.82, 2.24) is 15.2 Å². The largest absolute Gasteiger partial charge is 0.396 e. The summed E-state index contributed by atoms with van der Waals surface area (Å²) < 4.78 is 0. The number of nitriles is 1. The van der Waals surface area contributed by atoms with Gasteiger partial charge in [-0.05, 0) is 37.5 Å². The van der Waals surface area contributed by atoms with Gasteiger partial charge in [-0.3, -0.25) is 5.10 Å². The summed E-state index contributed by atoms with van der Waals surface area (Å²) in [5.41, 5.74) is 8.61. The summed E-state index contributed by atoms with van der Waals surface area (Å²) in [6.07, 6.45) is 3.77. The third kappa shape index (κ3) is 3.22. The number of H-pyrrole nitrogens is 1. The molecule has 0 radical (unpaired) electrons. The van der Waals surface area contributed by atoms with Crippen molar-refractivity contribution < 1.29 is 0 Å². The van der Waals surface area contributed by atoms with Gasteiger partial charge in [0, 0.05) is 12.2 Å². The fourth-order valence-electron chi connectivity index (χ4n) is 1.78. The van der Waals surface area contributed by atoms with Crippen LogP contribution in [0.5, 0.6) is 0 Å². The lowest BCUT2D eigenvalue weighted by molar-refractivity contribution is 0.853. The number of aromatic amines is 1. The van der Waals surface area contributed by atoms with Gasteiger partial charge in [0.05, 0.1) is 11.9 Å². The van der Waals surface area contributed by atoms with E-state index in [0.717, 1.165) is 25.1 Å². The van der Waals surface area contributed by atoms with E-state index in [-0.39, 0.29) is 5.69 Å². The molecule has 2 heterocycles. The third-order valence-electron chi connectivity index (χ3n) is 2.90. The van der Waals surface area contributed by atoms with Gasteiger partial charge in [0.15, 0.2) is 5.69 Å². The number of anilines is 2. The highest BCUT2D eigenvalue weighted by Gasteiger charge is 2.02. The first-order valence-electron chi connectivity index (χ1n) is 6.10. The number of nitrogen functional groups attached to an aromatic ring is 1. The van der Waals surface area contributed by atoms with Gasteiger partial charge in [-0.25, -0.2) is 4.98 Å². The molecule has 19 heavy (non-hydrogen) atoms. The Balaban J connectivity index is 1.83. The zero-order valence-corrected chi connectivity index (χ0v) is 10.8. The number of hydrogen-bond acceptors (Lipinski definition) is 5. The van der Waals surface area contributed by atoms with Crippen LogP contribution in [0, 0.1) is 18.3 Å². The quantitative estimate of drug-likeness (QED) is 0.705. The van der Waals surface area contributed by atoms with Crippen molar-refractivity contribution in [2.75, 3.05) is 17.6 Å². The van der Waals surface area contributed by atoms with Crippen LogP contribution in [0.3, 0.4) is 0 Å². The molecule has 0 aliphatic carbocycles. The number of pyridine rings is 1. The van der Waals surface area contributed by atoms with E-state index in [2.05, 4.69) is 20.5 Å². The van der Waals surface area contributed by atoms with Gasteiger partial charge in [0.2, 0.25) is 0 Å². The first-order valence-corrected chi connectivity index (χ1v) is 6.10. The van der Waals surface area contributed by atoms with E-state index in [9.17, 15) is 0 Å². The minimum Gasteiger partial charge on any atom is -0.396 e. The summed E-state index contributed by atoms with van der Waals surface area (Å²) in [7, 11) is 0. The molecule has 0 amide bonds. The molecule has 98 valence electrons. The fraction of sp³-hybridized carbons (Fsp3) is 0.308. The number of aryl methyl sites for hydroxylation is 2. The maximum atomic E-state index is 8.84. The molecule has 0 saturated carbocycles. The zero-order valence-electron chi connectivity index (χ0n) is 10.8. The van der Waals surface area contributed by atoms with Gasteiger partial charge in [-0.1, -0.05) is 0 Å². The second-order valence-corrected chi connectivity index (χ2v) is 4.30. The number of aromatic nitrogens is 3. The van der Waals surface area contributed by atoms with Crippen LogP contribution in [0.15, 0.2) is 18.3 Å². The Bertz CT molecular complexity index is 595. The number of nitrogens with two attached hydrogens (primary N) is 1. The first kappa shape index (κ1) is 12.9. The van der Waals surface area contributed by atoms with Crippen LogP contribution in [-0.4, -0.2) is 21.7 Å². The molecule has 0 aliphatic rings. The van der Waals surface area contributed by atoms with Crippen molar-refractivity contribution >= 4 is 11.5 Å². The van der Waals surface area contributed by atoms with E-state index < -0.39 is 0 Å². The van der Waals surface area contributed by atoms with Crippen molar-refractivity contribution in [1.29, 1.82) is 5.26 Å². The predicted molar refractivity (Wildman–Crippen MR) is 73.5 cm³/mol. The Morgan fingerprint density at radius 3 is 3.00 bits per heavy atom. The maximum absolute atomic E-state index is 8.84. The van der Waals surface area contributed by atoms with Crippen LogP contribution in [0.25, 0.3) is 0 Å². The van der Waals surface area contributed by atoms with Gasteiger partial charge < -0.3 is 11.1 Å². The van der Waals surface area contributed by atoms with Crippen molar-refractivity contribution in [3.63, 3.8) is 0 Å². The Labute approximate surface area is 111 Å². The molecule has 0 unspecified atom stereocenters. The van der Waals surface area contributed by atoms with Crippen LogP contribution < -0.4 is 11.1 Å². The minimum absolute atomic E-state index is 0.260. The van der Waals surface area contributed by atoms with Crippen molar-refractivity contribution in [3.05, 3.63) is 35.3 Å². The molecule has 4 N–H and O–H groups in total. The molecule has 6 nitrogen and oxygen atoms in total. The zero-order chi connectivity index (χ0) is 13.7. The molecule has 0 spiro atoms. The first-order chi connectivity index (χ1) is 9.20. The van der Waals surface area contributed by atoms with Crippen LogP contribution in [0.1, 0.15) is 23.4 Å². The number of rotatable bonds is 5. The smallest absolute Gasteiger partial charge is 0.165 e. The van der Waals surface area contributed by atoms with Gasteiger partial charge >= 0.3 is 0 Å². The van der Waals surface area contributed by atoms with E-state index >= 15 is 0 Å². The molecule has 2 aromatic heterocycles.